The molecule has 0 saturated carbocycles. The van der Waals surface area contributed by atoms with Crippen LogP contribution in [0.5, 0.6) is 0 Å². The molecule has 592 valence electrons. The highest BCUT2D eigenvalue weighted by molar-refractivity contribution is 6.34. The summed E-state index contributed by atoms with van der Waals surface area (Å²) < 4.78 is 96.1. The average molecular weight is 1590 g/mol. The number of hydrogen-bond acceptors (Lipinski definition) is 22. The Morgan fingerprint density at radius 1 is 0.430 bits per heavy atom. The number of nitrogens with one attached hydrogen (secondary N) is 2. The van der Waals surface area contributed by atoms with Gasteiger partial charge in [0, 0.05) is 123 Å². The van der Waals surface area contributed by atoms with Crippen molar-refractivity contribution in [2.75, 3.05) is 235 Å². The molecule has 12 heterocycles. The zero-order valence-electron chi connectivity index (χ0n) is 62.6. The van der Waals surface area contributed by atoms with E-state index in [0.29, 0.717) is 29.8 Å². The maximum atomic E-state index is 14.1. The second-order valence-electron chi connectivity index (χ2n) is 27.5. The van der Waals surface area contributed by atoms with Gasteiger partial charge in [0.15, 0.2) is 0 Å². The quantitative estimate of drug-likeness (QED) is 0.0861. The molecule has 107 heavy (non-hydrogen) atoms. The number of hydrogen-bond donors (Lipinski definition) is 4. The van der Waals surface area contributed by atoms with Crippen LogP contribution < -0.4 is 40.9 Å². The lowest BCUT2D eigenvalue weighted by atomic mass is 10.2. The molecule has 24 nitrogen and oxygen atoms in total. The number of carbonyl (C=O) groups excluding carboxylic acids is 1. The number of carboxylic acid groups (broad SMARTS) is 1. The first-order chi connectivity index (χ1) is 50.8. The SMILES string of the molecule is CN1CCCN(c2cc(C(=O)O)c(Cl)c(F)n2)CC1.CN1CCCN(c2cc(N)c(Cl)c(F)n2)CC1.CN1CCCN(c2cc(NC(=O)OC(C)(C)C)c(Cl)c(F)n2)CC1.CN1CCCN(c2ccc(Cl)c(F)n2)CC1.CN1CCCN(c2cccc(F)n2)CC1.CN1CCCNCC1.Fc1cccc(F)n1. The van der Waals surface area contributed by atoms with E-state index in [1.165, 1.54) is 44.3 Å². The van der Waals surface area contributed by atoms with Crippen LogP contribution in [0.4, 0.5) is 76.0 Å². The number of amides is 1. The first-order valence-electron chi connectivity index (χ1n) is 35.7. The molecular weight excluding hydrogens is 1480 g/mol. The van der Waals surface area contributed by atoms with Crippen molar-refractivity contribution in [1.29, 1.82) is 0 Å². The summed E-state index contributed by atoms with van der Waals surface area (Å²) in [4.78, 5) is 68.8. The second kappa shape index (κ2) is 45.1. The van der Waals surface area contributed by atoms with E-state index in [9.17, 15) is 40.3 Å². The number of pyridine rings is 6. The van der Waals surface area contributed by atoms with Crippen molar-refractivity contribution < 1.29 is 50.2 Å². The highest BCUT2D eigenvalue weighted by Gasteiger charge is 2.25. The molecule has 0 atom stereocenters. The lowest BCUT2D eigenvalue weighted by Gasteiger charge is -2.23. The second-order valence-corrected chi connectivity index (χ2v) is 29.1. The fraction of sp³-hybridized carbons (Fsp3) is 0.556. The van der Waals surface area contributed by atoms with Crippen LogP contribution in [-0.4, -0.2) is 281 Å². The zero-order chi connectivity index (χ0) is 78.3. The normalized spacial score (nSPS) is 17.7. The van der Waals surface area contributed by atoms with E-state index >= 15 is 0 Å². The van der Waals surface area contributed by atoms with E-state index in [1.54, 1.807) is 51.1 Å². The number of halogens is 11. The van der Waals surface area contributed by atoms with Gasteiger partial charge in [-0.3, -0.25) is 5.32 Å². The third-order valence-electron chi connectivity index (χ3n) is 17.6. The van der Waals surface area contributed by atoms with Gasteiger partial charge in [-0.25, -0.2) is 34.5 Å². The molecule has 6 aromatic heterocycles. The van der Waals surface area contributed by atoms with Crippen molar-refractivity contribution >= 4 is 98.9 Å². The van der Waals surface area contributed by atoms with E-state index in [-0.39, 0.29) is 32.0 Å². The molecule has 6 aliphatic rings. The Bertz CT molecular complexity index is 3690. The third kappa shape index (κ3) is 31.8. The fourth-order valence-electron chi connectivity index (χ4n) is 11.5. The van der Waals surface area contributed by atoms with Crippen LogP contribution in [0.3, 0.4) is 0 Å². The van der Waals surface area contributed by atoms with Gasteiger partial charge in [-0.1, -0.05) is 58.5 Å². The minimum absolute atomic E-state index is 0.0793. The van der Waals surface area contributed by atoms with E-state index in [2.05, 4.69) is 115 Å². The number of rotatable bonds is 7. The van der Waals surface area contributed by atoms with E-state index in [4.69, 9.17) is 62.0 Å². The smallest absolute Gasteiger partial charge is 0.412 e. The summed E-state index contributed by atoms with van der Waals surface area (Å²) in [5.41, 5.74) is 5.15. The number of likely N-dealkylation sites (N-methyl/N-ethyl adjacent to an activating group) is 6. The van der Waals surface area contributed by atoms with Crippen LogP contribution in [0.15, 0.2) is 66.7 Å². The summed E-state index contributed by atoms with van der Waals surface area (Å²) in [6, 6.07) is 16.3. The lowest BCUT2D eigenvalue weighted by molar-refractivity contribution is 0.0634. The molecule has 6 saturated heterocycles. The van der Waals surface area contributed by atoms with Gasteiger partial charge < -0.3 is 74.8 Å². The third-order valence-corrected chi connectivity index (χ3v) is 18.9. The molecule has 6 fully saturated rings. The molecule has 0 bridgehead atoms. The first-order valence-corrected chi connectivity index (χ1v) is 37.2. The van der Waals surface area contributed by atoms with Gasteiger partial charge in [0.25, 0.3) is 0 Å². The molecule has 35 heteroatoms. The molecular formula is C72H103Cl4F7N20O4. The van der Waals surface area contributed by atoms with Crippen LogP contribution in [0.1, 0.15) is 69.7 Å². The molecule has 0 radical (unpaired) electrons. The molecule has 1 amide bonds. The summed E-state index contributed by atoms with van der Waals surface area (Å²) in [7, 11) is 12.5. The summed E-state index contributed by atoms with van der Waals surface area (Å²) in [5.74, 6) is -3.46. The highest BCUT2D eigenvalue weighted by Crippen LogP contribution is 2.31. The first kappa shape index (κ1) is 88.7. The van der Waals surface area contributed by atoms with Crippen molar-refractivity contribution in [3.05, 3.63) is 134 Å². The van der Waals surface area contributed by atoms with Gasteiger partial charge in [-0.2, -0.15) is 35.7 Å². The van der Waals surface area contributed by atoms with Gasteiger partial charge >= 0.3 is 12.1 Å². The number of nitrogen functional groups attached to an aromatic ring is 1. The Morgan fingerprint density at radius 2 is 0.804 bits per heavy atom. The average Bonchev–Trinajstić information content (AvgIpc) is 1.55. The molecule has 6 aliphatic heterocycles. The van der Waals surface area contributed by atoms with Gasteiger partial charge in [0.1, 0.15) is 49.8 Å². The molecule has 12 rings (SSSR count). The molecule has 0 aromatic carbocycles. The largest absolute Gasteiger partial charge is 0.478 e. The number of anilines is 7. The number of carboxylic acids is 1. The number of nitrogens with zero attached hydrogens (tertiary/aromatic N) is 17. The summed E-state index contributed by atoms with van der Waals surface area (Å²) in [5, 5.41) is 14.2. The van der Waals surface area contributed by atoms with Crippen LogP contribution in [0.2, 0.25) is 20.1 Å². The van der Waals surface area contributed by atoms with Gasteiger partial charge in [-0.05, 0) is 190 Å². The van der Waals surface area contributed by atoms with Gasteiger partial charge in [0.2, 0.25) is 41.6 Å². The minimum atomic E-state index is -1.25. The van der Waals surface area contributed by atoms with Crippen LogP contribution in [0.25, 0.3) is 0 Å². The van der Waals surface area contributed by atoms with E-state index in [1.807, 2.05) is 27.8 Å². The van der Waals surface area contributed by atoms with Crippen molar-refractivity contribution in [3.63, 3.8) is 0 Å². The van der Waals surface area contributed by atoms with Crippen molar-refractivity contribution in [2.45, 2.75) is 64.9 Å². The number of nitrogens with two attached hydrogens (primary N) is 1. The maximum Gasteiger partial charge on any atom is 0.412 e. The topological polar surface area (TPSA) is 227 Å². The molecule has 0 aliphatic carbocycles. The Morgan fingerprint density at radius 3 is 1.21 bits per heavy atom. The number of aromatic carboxylic acids is 1. The van der Waals surface area contributed by atoms with E-state index in [0.717, 1.165) is 181 Å². The van der Waals surface area contributed by atoms with Gasteiger partial charge in [0.05, 0.1) is 22.0 Å². The molecule has 5 N–H and O–H groups in total. The number of aromatic nitrogens is 6. The van der Waals surface area contributed by atoms with E-state index < -0.39 is 64.3 Å². The fourth-order valence-corrected chi connectivity index (χ4v) is 12.0. The molecule has 6 aromatic rings. The van der Waals surface area contributed by atoms with Crippen LogP contribution >= 0.6 is 46.4 Å². The zero-order valence-corrected chi connectivity index (χ0v) is 65.6. The molecule has 0 spiro atoms. The van der Waals surface area contributed by atoms with Crippen LogP contribution in [0, 0.1) is 41.6 Å². The van der Waals surface area contributed by atoms with Crippen molar-refractivity contribution in [1.82, 2.24) is 64.6 Å². The van der Waals surface area contributed by atoms with Crippen molar-refractivity contribution in [2.24, 2.45) is 0 Å². The van der Waals surface area contributed by atoms with Crippen LogP contribution in [-0.2, 0) is 4.74 Å². The summed E-state index contributed by atoms with van der Waals surface area (Å²) in [6.45, 7) is 28.1. The minimum Gasteiger partial charge on any atom is -0.478 e. The predicted octanol–water partition coefficient (Wildman–Crippen LogP) is 11.3. The number of carbonyl (C=O) groups is 2. The standard InChI is InChI=1S/C16H24ClFN4O2.C12H15ClFN3O2.C11H16ClFN4.C11H15ClFN3.C11H16FN3.C6H14N2.C5H3F2N/c1-16(2,3)24-15(23)19-11-10-12(20-14(18)13(11)17)22-7-5-6-21(4)8-9-22;1-16-3-2-4-17(6-5-16)9-7-8(12(18)19)10(13)11(14)15-9;1-16-3-2-4-17(6-5-16)9-7-8(14)10(12)11(13)15-9;1-15-5-2-6-16(8-7-15)10-4-3-9(12)11(13)14-10;1-14-6-3-7-15(9-8-14)11-5-2-4-10(12)13-11;1-8-5-2-3-7-4-6-8;6-4-2-1-3-5(7)8-4/h10H,5-9H2,1-4H3,(H,19,20,23);7H,2-6H2,1H3,(H,18,19);7H,2-6H2,1H3,(H2,14,15);3-4H,2,5-8H2,1H3;2,4-5H,3,6-9H2,1H3;7H,2-6H2,1H3;1-3H. The summed E-state index contributed by atoms with van der Waals surface area (Å²) in [6.07, 6.45) is 5.70. The van der Waals surface area contributed by atoms with Crippen molar-refractivity contribution in [3.8, 4) is 0 Å². The monoisotopic (exact) mass is 1580 g/mol. The Balaban J connectivity index is 0.000000200. The Labute approximate surface area is 644 Å². The predicted molar refractivity (Wildman–Crippen MR) is 413 cm³/mol. The number of ether oxygens (including phenoxy) is 1. The Kier molecular flexibility index (Phi) is 37.4. The molecule has 0 unspecified atom stereocenters. The highest BCUT2D eigenvalue weighted by atomic mass is 35.5. The summed E-state index contributed by atoms with van der Waals surface area (Å²) >= 11 is 22.8. The Hall–Kier alpha value is -7.17. The maximum absolute atomic E-state index is 14.1. The van der Waals surface area contributed by atoms with Gasteiger partial charge in [-0.15, -0.1) is 0 Å². The lowest BCUT2D eigenvalue weighted by Crippen LogP contribution is -2.30.